The quantitative estimate of drug-likeness (QED) is 0.851. The minimum atomic E-state index is -0.157. The summed E-state index contributed by atoms with van der Waals surface area (Å²) in [6.07, 6.45) is 5.82. The third-order valence-corrected chi connectivity index (χ3v) is 3.51. The number of imidazole rings is 1. The number of nitrogens with two attached hydrogens (primary N) is 1. The third kappa shape index (κ3) is 3.55. The van der Waals surface area contributed by atoms with Crippen molar-refractivity contribution < 1.29 is 9.47 Å². The van der Waals surface area contributed by atoms with Gasteiger partial charge in [-0.05, 0) is 12.5 Å². The molecule has 21 heavy (non-hydrogen) atoms. The van der Waals surface area contributed by atoms with Gasteiger partial charge in [0.05, 0.1) is 20.3 Å². The molecule has 0 saturated heterocycles. The Hall–Kier alpha value is -2.01. The summed E-state index contributed by atoms with van der Waals surface area (Å²) >= 11 is 0. The standard InChI is InChI=1S/C16H23N3O2/c1-4-5-16-18-8-9-19(16)11-14(17)13-7-6-12(20-2)10-15(13)21-3/h6-10,14H,4-5,11,17H2,1-3H3. The summed E-state index contributed by atoms with van der Waals surface area (Å²) in [4.78, 5) is 4.38. The van der Waals surface area contributed by atoms with E-state index in [0.29, 0.717) is 6.54 Å². The Morgan fingerprint density at radius 2 is 2.10 bits per heavy atom. The number of methoxy groups -OCH3 is 2. The molecule has 1 unspecified atom stereocenters. The SMILES string of the molecule is CCCc1nccn1CC(N)c1ccc(OC)cc1OC. The molecule has 1 aromatic carbocycles. The second-order valence-corrected chi connectivity index (χ2v) is 4.96. The monoisotopic (exact) mass is 289 g/mol. The van der Waals surface area contributed by atoms with E-state index in [9.17, 15) is 0 Å². The highest BCUT2D eigenvalue weighted by molar-refractivity contribution is 5.42. The van der Waals surface area contributed by atoms with Crippen LogP contribution in [0, 0.1) is 0 Å². The fourth-order valence-electron chi connectivity index (χ4n) is 2.39. The first-order valence-corrected chi connectivity index (χ1v) is 7.17. The molecule has 0 bridgehead atoms. The molecule has 0 spiro atoms. The molecule has 0 aliphatic carbocycles. The van der Waals surface area contributed by atoms with Gasteiger partial charge in [0.2, 0.25) is 0 Å². The molecule has 0 radical (unpaired) electrons. The summed E-state index contributed by atoms with van der Waals surface area (Å²) < 4.78 is 12.7. The predicted octanol–water partition coefficient (Wildman–Crippen LogP) is 2.55. The first-order chi connectivity index (χ1) is 10.2. The van der Waals surface area contributed by atoms with E-state index in [-0.39, 0.29) is 6.04 Å². The van der Waals surface area contributed by atoms with Gasteiger partial charge in [-0.15, -0.1) is 0 Å². The van der Waals surface area contributed by atoms with Crippen LogP contribution in [0.1, 0.15) is 30.8 Å². The summed E-state index contributed by atoms with van der Waals surface area (Å²) in [5.41, 5.74) is 7.32. The van der Waals surface area contributed by atoms with Crippen LogP contribution in [-0.4, -0.2) is 23.8 Å². The van der Waals surface area contributed by atoms with Gasteiger partial charge in [0, 0.05) is 37.0 Å². The Morgan fingerprint density at radius 3 is 2.76 bits per heavy atom. The van der Waals surface area contributed by atoms with Crippen molar-refractivity contribution in [3.05, 3.63) is 42.0 Å². The van der Waals surface area contributed by atoms with Gasteiger partial charge in [0.25, 0.3) is 0 Å². The number of benzene rings is 1. The smallest absolute Gasteiger partial charge is 0.127 e. The maximum absolute atomic E-state index is 6.35. The minimum absolute atomic E-state index is 0.157. The molecule has 2 rings (SSSR count). The van der Waals surface area contributed by atoms with Gasteiger partial charge < -0.3 is 19.8 Å². The van der Waals surface area contributed by atoms with Gasteiger partial charge in [-0.25, -0.2) is 4.98 Å². The molecule has 0 aliphatic heterocycles. The average Bonchev–Trinajstić information content (AvgIpc) is 2.94. The zero-order chi connectivity index (χ0) is 15.2. The molecule has 2 N–H and O–H groups in total. The Balaban J connectivity index is 2.19. The summed E-state index contributed by atoms with van der Waals surface area (Å²) in [6, 6.07) is 5.56. The Bertz CT molecular complexity index is 581. The second-order valence-electron chi connectivity index (χ2n) is 4.96. The number of aromatic nitrogens is 2. The van der Waals surface area contributed by atoms with Gasteiger partial charge >= 0.3 is 0 Å². The van der Waals surface area contributed by atoms with Crippen molar-refractivity contribution in [3.63, 3.8) is 0 Å². The van der Waals surface area contributed by atoms with Crippen molar-refractivity contribution in [3.8, 4) is 11.5 Å². The summed E-state index contributed by atoms with van der Waals surface area (Å²) in [5, 5.41) is 0. The normalized spacial score (nSPS) is 12.2. The maximum Gasteiger partial charge on any atom is 0.127 e. The van der Waals surface area contributed by atoms with E-state index in [0.717, 1.165) is 35.7 Å². The average molecular weight is 289 g/mol. The van der Waals surface area contributed by atoms with E-state index in [1.807, 2.05) is 30.6 Å². The molecular formula is C16H23N3O2. The van der Waals surface area contributed by atoms with Gasteiger partial charge in [0.15, 0.2) is 0 Å². The zero-order valence-electron chi connectivity index (χ0n) is 12.9. The Kier molecular flexibility index (Phi) is 5.22. The number of hydrogen-bond donors (Lipinski definition) is 1. The highest BCUT2D eigenvalue weighted by Crippen LogP contribution is 2.29. The van der Waals surface area contributed by atoms with E-state index in [4.69, 9.17) is 15.2 Å². The van der Waals surface area contributed by atoms with Crippen LogP contribution in [0.5, 0.6) is 11.5 Å². The Labute approximate surface area is 125 Å². The predicted molar refractivity (Wildman–Crippen MR) is 82.7 cm³/mol. The van der Waals surface area contributed by atoms with Crippen molar-refractivity contribution in [1.29, 1.82) is 0 Å². The zero-order valence-corrected chi connectivity index (χ0v) is 12.9. The molecule has 2 aromatic rings. The fraction of sp³-hybridized carbons (Fsp3) is 0.438. The van der Waals surface area contributed by atoms with Gasteiger partial charge in [0.1, 0.15) is 17.3 Å². The van der Waals surface area contributed by atoms with Crippen LogP contribution in [0.4, 0.5) is 0 Å². The highest BCUT2D eigenvalue weighted by Gasteiger charge is 2.15. The van der Waals surface area contributed by atoms with Crippen molar-refractivity contribution in [2.75, 3.05) is 14.2 Å². The number of rotatable bonds is 7. The summed E-state index contributed by atoms with van der Waals surface area (Å²) in [5.74, 6) is 2.58. The van der Waals surface area contributed by atoms with E-state index in [1.54, 1.807) is 14.2 Å². The fourth-order valence-corrected chi connectivity index (χ4v) is 2.39. The molecular weight excluding hydrogens is 266 g/mol. The van der Waals surface area contributed by atoms with Gasteiger partial charge in [-0.2, -0.15) is 0 Å². The van der Waals surface area contributed by atoms with Crippen molar-refractivity contribution in [2.45, 2.75) is 32.4 Å². The van der Waals surface area contributed by atoms with E-state index >= 15 is 0 Å². The van der Waals surface area contributed by atoms with E-state index in [1.165, 1.54) is 0 Å². The van der Waals surface area contributed by atoms with E-state index in [2.05, 4.69) is 16.5 Å². The van der Waals surface area contributed by atoms with Gasteiger partial charge in [-0.3, -0.25) is 0 Å². The third-order valence-electron chi connectivity index (χ3n) is 3.51. The molecule has 1 heterocycles. The largest absolute Gasteiger partial charge is 0.497 e. The highest BCUT2D eigenvalue weighted by atomic mass is 16.5. The summed E-state index contributed by atoms with van der Waals surface area (Å²) in [7, 11) is 3.28. The van der Waals surface area contributed by atoms with Gasteiger partial charge in [-0.1, -0.05) is 13.0 Å². The van der Waals surface area contributed by atoms with Crippen LogP contribution in [0.25, 0.3) is 0 Å². The van der Waals surface area contributed by atoms with Crippen LogP contribution >= 0.6 is 0 Å². The molecule has 5 heteroatoms. The summed E-state index contributed by atoms with van der Waals surface area (Å²) in [6.45, 7) is 2.82. The second kappa shape index (κ2) is 7.13. The topological polar surface area (TPSA) is 62.3 Å². The first-order valence-electron chi connectivity index (χ1n) is 7.17. The van der Waals surface area contributed by atoms with E-state index < -0.39 is 0 Å². The van der Waals surface area contributed by atoms with Crippen molar-refractivity contribution >= 4 is 0 Å². The molecule has 114 valence electrons. The van der Waals surface area contributed by atoms with Crippen LogP contribution in [0.15, 0.2) is 30.6 Å². The number of ether oxygens (including phenoxy) is 2. The molecule has 0 saturated carbocycles. The lowest BCUT2D eigenvalue weighted by Gasteiger charge is -2.18. The van der Waals surface area contributed by atoms with Crippen molar-refractivity contribution in [2.24, 2.45) is 5.73 Å². The number of aryl methyl sites for hydroxylation is 1. The molecule has 1 atom stereocenters. The van der Waals surface area contributed by atoms with Crippen LogP contribution in [-0.2, 0) is 13.0 Å². The van der Waals surface area contributed by atoms with Crippen LogP contribution in [0.3, 0.4) is 0 Å². The maximum atomic E-state index is 6.35. The molecule has 1 aromatic heterocycles. The number of nitrogens with zero attached hydrogens (tertiary/aromatic N) is 2. The molecule has 5 nitrogen and oxygen atoms in total. The van der Waals surface area contributed by atoms with Crippen LogP contribution < -0.4 is 15.2 Å². The lowest BCUT2D eigenvalue weighted by atomic mass is 10.1. The minimum Gasteiger partial charge on any atom is -0.497 e. The molecule has 0 fully saturated rings. The van der Waals surface area contributed by atoms with Crippen molar-refractivity contribution in [1.82, 2.24) is 9.55 Å². The lowest BCUT2D eigenvalue weighted by Crippen LogP contribution is -2.19. The van der Waals surface area contributed by atoms with Crippen LogP contribution in [0.2, 0.25) is 0 Å². The molecule has 0 aliphatic rings. The molecule has 0 amide bonds. The first kappa shape index (κ1) is 15.4. The number of hydrogen-bond acceptors (Lipinski definition) is 4. The lowest BCUT2D eigenvalue weighted by molar-refractivity contribution is 0.386. The Morgan fingerprint density at radius 1 is 1.29 bits per heavy atom.